The molecule has 1 fully saturated rings. The van der Waals surface area contributed by atoms with Gasteiger partial charge in [0.15, 0.2) is 0 Å². The van der Waals surface area contributed by atoms with Crippen LogP contribution in [0.2, 0.25) is 0 Å². The van der Waals surface area contributed by atoms with Gasteiger partial charge in [0.2, 0.25) is 0 Å². The van der Waals surface area contributed by atoms with E-state index >= 15 is 0 Å². The van der Waals surface area contributed by atoms with Crippen molar-refractivity contribution in [3.63, 3.8) is 0 Å². The lowest BCUT2D eigenvalue weighted by atomic mass is 9.87. The lowest BCUT2D eigenvalue weighted by Crippen LogP contribution is -2.40. The molecule has 192 valence electrons. The molecule has 6 heteroatoms. The van der Waals surface area contributed by atoms with Crippen LogP contribution in [-0.2, 0) is 12.6 Å². The fourth-order valence-corrected chi connectivity index (χ4v) is 5.32. The van der Waals surface area contributed by atoms with E-state index in [0.29, 0.717) is 18.4 Å². The Morgan fingerprint density at radius 1 is 0.865 bits per heavy atom. The summed E-state index contributed by atoms with van der Waals surface area (Å²) in [6.45, 7) is 2.16. The van der Waals surface area contributed by atoms with Crippen LogP contribution < -0.4 is 0 Å². The first-order valence-corrected chi connectivity index (χ1v) is 12.6. The molecule has 0 unspecified atom stereocenters. The van der Waals surface area contributed by atoms with Crippen molar-refractivity contribution >= 4 is 17.2 Å². The van der Waals surface area contributed by atoms with E-state index in [0.717, 1.165) is 78.0 Å². The fraction of sp³-hybridized carbons (Fsp3) is 0.290. The molecule has 2 aliphatic rings. The van der Waals surface area contributed by atoms with E-state index in [1.807, 2.05) is 42.5 Å². The van der Waals surface area contributed by atoms with Gasteiger partial charge in [0.25, 0.3) is 0 Å². The zero-order valence-corrected chi connectivity index (χ0v) is 20.4. The first kappa shape index (κ1) is 25.4. The van der Waals surface area contributed by atoms with Crippen LogP contribution in [-0.4, -0.2) is 31.2 Å². The highest BCUT2D eigenvalue weighted by molar-refractivity contribution is 6.00. The van der Waals surface area contributed by atoms with Gasteiger partial charge in [-0.1, -0.05) is 60.7 Å². The molecule has 0 radical (unpaired) electrons. The molecule has 3 aromatic rings. The summed E-state index contributed by atoms with van der Waals surface area (Å²) in [4.78, 5) is 2.21. The normalized spacial score (nSPS) is 16.3. The quantitative estimate of drug-likeness (QED) is 0.303. The van der Waals surface area contributed by atoms with Gasteiger partial charge < -0.3 is 0 Å². The van der Waals surface area contributed by atoms with E-state index in [9.17, 15) is 22.0 Å². The van der Waals surface area contributed by atoms with Gasteiger partial charge in [-0.25, -0.2) is 4.39 Å². The Morgan fingerprint density at radius 3 is 2.32 bits per heavy atom. The second-order valence-corrected chi connectivity index (χ2v) is 9.73. The number of halogens is 5. The Morgan fingerprint density at radius 2 is 1.59 bits per heavy atom. The SMILES string of the molecule is FCCCN1CC(=Cc2ccc(C3=C(c4ccc(F)c(C(F)(F)F)c4)CCCc4ccccc43)cc2)C1. The Bertz CT molecular complexity index is 1330. The minimum Gasteiger partial charge on any atom is -0.295 e. The zero-order chi connectivity index (χ0) is 26.0. The van der Waals surface area contributed by atoms with Gasteiger partial charge in [-0.05, 0) is 82.4 Å². The van der Waals surface area contributed by atoms with Crippen LogP contribution in [0.3, 0.4) is 0 Å². The summed E-state index contributed by atoms with van der Waals surface area (Å²) in [7, 11) is 0. The van der Waals surface area contributed by atoms with Crippen LogP contribution in [0.5, 0.6) is 0 Å². The van der Waals surface area contributed by atoms with E-state index < -0.39 is 17.6 Å². The van der Waals surface area contributed by atoms with Crippen molar-refractivity contribution in [2.24, 2.45) is 0 Å². The molecule has 1 aliphatic carbocycles. The number of alkyl halides is 4. The molecule has 0 N–H and O–H groups in total. The average molecular weight is 510 g/mol. The largest absolute Gasteiger partial charge is 0.419 e. The third-order valence-electron chi connectivity index (χ3n) is 7.11. The van der Waals surface area contributed by atoms with Gasteiger partial charge in [0.05, 0.1) is 12.2 Å². The van der Waals surface area contributed by atoms with Crippen LogP contribution in [0.15, 0.2) is 72.3 Å². The number of nitrogens with zero attached hydrogens (tertiary/aromatic N) is 1. The topological polar surface area (TPSA) is 3.24 Å². The third kappa shape index (κ3) is 5.54. The van der Waals surface area contributed by atoms with Crippen molar-refractivity contribution in [2.45, 2.75) is 31.9 Å². The molecule has 37 heavy (non-hydrogen) atoms. The number of fused-ring (bicyclic) bond motifs is 1. The molecular formula is C31H28F5N. The molecule has 0 atom stereocenters. The van der Waals surface area contributed by atoms with Crippen LogP contribution in [0, 0.1) is 5.82 Å². The van der Waals surface area contributed by atoms with Gasteiger partial charge in [0, 0.05) is 19.6 Å². The number of likely N-dealkylation sites (tertiary alicyclic amines) is 1. The molecule has 0 bridgehead atoms. The number of allylic oxidation sites excluding steroid dienone is 1. The molecule has 1 saturated heterocycles. The summed E-state index contributed by atoms with van der Waals surface area (Å²) < 4.78 is 67.0. The maximum absolute atomic E-state index is 14.1. The number of aryl methyl sites for hydroxylation is 1. The first-order chi connectivity index (χ1) is 17.8. The van der Waals surface area contributed by atoms with Crippen molar-refractivity contribution in [3.8, 4) is 0 Å². The van der Waals surface area contributed by atoms with E-state index in [1.165, 1.54) is 11.6 Å². The fourth-order valence-electron chi connectivity index (χ4n) is 5.32. The monoisotopic (exact) mass is 509 g/mol. The Kier molecular flexibility index (Phi) is 7.29. The number of hydrogen-bond donors (Lipinski definition) is 0. The lowest BCUT2D eigenvalue weighted by Gasteiger charge is -2.33. The number of hydrogen-bond acceptors (Lipinski definition) is 1. The highest BCUT2D eigenvalue weighted by Crippen LogP contribution is 2.41. The van der Waals surface area contributed by atoms with Crippen LogP contribution in [0.4, 0.5) is 22.0 Å². The van der Waals surface area contributed by atoms with Crippen LogP contribution >= 0.6 is 0 Å². The zero-order valence-electron chi connectivity index (χ0n) is 20.4. The molecule has 1 heterocycles. The molecule has 0 amide bonds. The summed E-state index contributed by atoms with van der Waals surface area (Å²) >= 11 is 0. The second-order valence-electron chi connectivity index (χ2n) is 9.73. The second kappa shape index (κ2) is 10.6. The number of benzene rings is 3. The van der Waals surface area contributed by atoms with E-state index in [1.54, 1.807) is 0 Å². The van der Waals surface area contributed by atoms with Crippen LogP contribution in [0.1, 0.15) is 52.6 Å². The molecule has 3 aromatic carbocycles. The summed E-state index contributed by atoms with van der Waals surface area (Å²) in [5.74, 6) is -1.26. The van der Waals surface area contributed by atoms with Gasteiger partial charge in [-0.3, -0.25) is 9.29 Å². The Labute approximate surface area is 213 Å². The summed E-state index contributed by atoms with van der Waals surface area (Å²) in [6.07, 6.45) is 0.132. The van der Waals surface area contributed by atoms with Crippen molar-refractivity contribution in [2.75, 3.05) is 26.3 Å². The van der Waals surface area contributed by atoms with Crippen molar-refractivity contribution in [1.82, 2.24) is 4.90 Å². The molecule has 1 nitrogen and oxygen atoms in total. The van der Waals surface area contributed by atoms with Gasteiger partial charge in [-0.15, -0.1) is 0 Å². The van der Waals surface area contributed by atoms with E-state index in [4.69, 9.17) is 0 Å². The van der Waals surface area contributed by atoms with Crippen LogP contribution in [0.25, 0.3) is 17.2 Å². The minimum atomic E-state index is -4.76. The van der Waals surface area contributed by atoms with Crippen molar-refractivity contribution in [3.05, 3.63) is 112 Å². The average Bonchev–Trinajstić information content (AvgIpc) is 3.05. The first-order valence-electron chi connectivity index (χ1n) is 12.6. The maximum atomic E-state index is 14.1. The smallest absolute Gasteiger partial charge is 0.295 e. The Balaban J connectivity index is 1.54. The molecule has 0 spiro atoms. The van der Waals surface area contributed by atoms with Gasteiger partial charge in [-0.2, -0.15) is 13.2 Å². The Hall–Kier alpha value is -3.25. The third-order valence-corrected chi connectivity index (χ3v) is 7.11. The molecule has 0 aromatic heterocycles. The molecule has 1 aliphatic heterocycles. The lowest BCUT2D eigenvalue weighted by molar-refractivity contribution is -0.140. The molecule has 5 rings (SSSR count). The molecular weight excluding hydrogens is 481 g/mol. The number of rotatable bonds is 6. The molecule has 0 saturated carbocycles. The van der Waals surface area contributed by atoms with Gasteiger partial charge >= 0.3 is 6.18 Å². The summed E-state index contributed by atoms with van der Waals surface area (Å²) in [5.41, 5.74) is 6.26. The summed E-state index contributed by atoms with van der Waals surface area (Å²) in [5, 5.41) is 0. The predicted molar refractivity (Wildman–Crippen MR) is 138 cm³/mol. The van der Waals surface area contributed by atoms with E-state index in [-0.39, 0.29) is 6.67 Å². The standard InChI is InChI=1S/C31H28F5N/c32-15-4-16-37-19-22(20-37)17-21-9-11-24(12-10-21)30-26-7-2-1-5-23(26)6-3-8-27(30)25-13-14-29(33)28(18-25)31(34,35)36/h1-2,5,7,9-14,17-18H,3-4,6,8,15-16,19-20H2. The highest BCUT2D eigenvalue weighted by Gasteiger charge is 2.34. The van der Waals surface area contributed by atoms with Gasteiger partial charge in [0.1, 0.15) is 5.82 Å². The maximum Gasteiger partial charge on any atom is 0.419 e. The van der Waals surface area contributed by atoms with Crippen molar-refractivity contribution < 1.29 is 22.0 Å². The van der Waals surface area contributed by atoms with E-state index in [2.05, 4.69) is 17.0 Å². The minimum absolute atomic E-state index is 0.298. The predicted octanol–water partition coefficient (Wildman–Crippen LogP) is 8.20. The summed E-state index contributed by atoms with van der Waals surface area (Å²) in [6, 6.07) is 19.4. The van der Waals surface area contributed by atoms with Crippen molar-refractivity contribution in [1.29, 1.82) is 0 Å². The highest BCUT2D eigenvalue weighted by atomic mass is 19.4.